The third-order valence-corrected chi connectivity index (χ3v) is 5.25. The molecule has 1 saturated heterocycles. The van der Waals surface area contributed by atoms with Crippen molar-refractivity contribution in [3.63, 3.8) is 0 Å². The van der Waals surface area contributed by atoms with E-state index in [-0.39, 0.29) is 5.91 Å². The van der Waals surface area contributed by atoms with Crippen LogP contribution in [0, 0.1) is 6.92 Å². The number of rotatable bonds is 5. The Morgan fingerprint density at radius 2 is 1.78 bits per heavy atom. The fourth-order valence-corrected chi connectivity index (χ4v) is 3.83. The van der Waals surface area contributed by atoms with E-state index in [1.807, 2.05) is 62.4 Å². The Bertz CT molecular complexity index is 907. The molecule has 2 aromatic rings. The Kier molecular flexibility index (Phi) is 5.86. The van der Waals surface area contributed by atoms with Crippen molar-refractivity contribution in [2.75, 3.05) is 20.8 Å². The number of likely N-dealkylation sites (N-methyl/N-ethyl adjacent to an activating group) is 1. The number of thioether (sulfide) groups is 1. The third-order valence-electron chi connectivity index (χ3n) is 4.24. The van der Waals surface area contributed by atoms with E-state index in [9.17, 15) is 4.79 Å². The predicted molar refractivity (Wildman–Crippen MR) is 111 cm³/mol. The number of carbonyl (C=O) groups excluding carboxylic acids is 1. The van der Waals surface area contributed by atoms with Crippen LogP contribution in [0.15, 0.2) is 52.4 Å². The zero-order chi connectivity index (χ0) is 19.4. The Morgan fingerprint density at radius 1 is 1.11 bits per heavy atom. The van der Waals surface area contributed by atoms with Crippen LogP contribution in [0.5, 0.6) is 11.5 Å². The number of hydrogen-bond acceptors (Lipinski definition) is 5. The molecule has 0 spiro atoms. The second-order valence-corrected chi connectivity index (χ2v) is 6.96. The van der Waals surface area contributed by atoms with Gasteiger partial charge >= 0.3 is 0 Å². The van der Waals surface area contributed by atoms with Crippen molar-refractivity contribution in [3.05, 3.63) is 58.5 Å². The van der Waals surface area contributed by atoms with E-state index >= 15 is 0 Å². The van der Waals surface area contributed by atoms with Crippen molar-refractivity contribution >= 4 is 34.6 Å². The first kappa shape index (κ1) is 19.0. The minimum atomic E-state index is -0.0358. The van der Waals surface area contributed by atoms with E-state index in [2.05, 4.69) is 4.99 Å². The van der Waals surface area contributed by atoms with E-state index in [0.29, 0.717) is 28.1 Å². The standard InChI is InChI=1S/C21H22N2O3S/c1-5-23-20(24)19(27-21(23)22-16-9-7-6-8-10-16)13-15-12-18(26-4)17(25-3)11-14(15)2/h6-13H,5H2,1-4H3/b19-13-,22-21?. The van der Waals surface area contributed by atoms with Crippen molar-refractivity contribution < 1.29 is 14.3 Å². The summed E-state index contributed by atoms with van der Waals surface area (Å²) in [4.78, 5) is 19.8. The van der Waals surface area contributed by atoms with Crippen molar-refractivity contribution in [3.8, 4) is 11.5 Å². The Morgan fingerprint density at radius 3 is 2.41 bits per heavy atom. The summed E-state index contributed by atoms with van der Waals surface area (Å²) in [6.45, 7) is 4.50. The molecule has 1 heterocycles. The smallest absolute Gasteiger partial charge is 0.266 e. The Labute approximate surface area is 163 Å². The van der Waals surface area contributed by atoms with Crippen molar-refractivity contribution in [2.45, 2.75) is 13.8 Å². The van der Waals surface area contributed by atoms with Crippen LogP contribution in [0.4, 0.5) is 5.69 Å². The second kappa shape index (κ2) is 8.31. The molecular formula is C21H22N2O3S. The minimum absolute atomic E-state index is 0.0358. The average molecular weight is 382 g/mol. The van der Waals surface area contributed by atoms with Crippen LogP contribution in [-0.4, -0.2) is 36.7 Å². The van der Waals surface area contributed by atoms with E-state index in [0.717, 1.165) is 16.8 Å². The summed E-state index contributed by atoms with van der Waals surface area (Å²) in [6.07, 6.45) is 1.89. The molecule has 6 heteroatoms. The van der Waals surface area contributed by atoms with Crippen LogP contribution >= 0.6 is 11.8 Å². The first-order valence-electron chi connectivity index (χ1n) is 8.65. The predicted octanol–water partition coefficient (Wildman–Crippen LogP) is 4.64. The second-order valence-electron chi connectivity index (χ2n) is 5.95. The fraction of sp³-hybridized carbons (Fsp3) is 0.238. The molecule has 0 saturated carbocycles. The maximum atomic E-state index is 12.8. The topological polar surface area (TPSA) is 51.1 Å². The SMILES string of the molecule is CCN1C(=O)/C(=C/c2cc(OC)c(OC)cc2C)SC1=Nc1ccccc1. The number of amides is 1. The van der Waals surface area contributed by atoms with E-state index in [1.165, 1.54) is 11.8 Å². The average Bonchev–Trinajstić information content (AvgIpc) is 2.98. The molecule has 2 aromatic carbocycles. The van der Waals surface area contributed by atoms with Crippen molar-refractivity contribution in [2.24, 2.45) is 4.99 Å². The van der Waals surface area contributed by atoms with E-state index in [1.54, 1.807) is 19.1 Å². The van der Waals surface area contributed by atoms with Gasteiger partial charge in [0.2, 0.25) is 0 Å². The van der Waals surface area contributed by atoms with Crippen molar-refractivity contribution in [1.29, 1.82) is 0 Å². The quantitative estimate of drug-likeness (QED) is 0.707. The first-order valence-corrected chi connectivity index (χ1v) is 9.46. The molecule has 0 aliphatic carbocycles. The summed E-state index contributed by atoms with van der Waals surface area (Å²) < 4.78 is 10.7. The summed E-state index contributed by atoms with van der Waals surface area (Å²) >= 11 is 1.39. The number of amidine groups is 1. The summed E-state index contributed by atoms with van der Waals surface area (Å²) in [5.74, 6) is 1.27. The normalized spacial score (nSPS) is 17.0. The van der Waals surface area contributed by atoms with Gasteiger partial charge in [0.1, 0.15) is 0 Å². The number of hydrogen-bond donors (Lipinski definition) is 0. The zero-order valence-electron chi connectivity index (χ0n) is 15.9. The number of aliphatic imine (C=N–C) groups is 1. The molecule has 1 fully saturated rings. The lowest BCUT2D eigenvalue weighted by Crippen LogP contribution is -2.28. The number of benzene rings is 2. The number of aryl methyl sites for hydroxylation is 1. The highest BCUT2D eigenvalue weighted by Gasteiger charge is 2.32. The van der Waals surface area contributed by atoms with Gasteiger partial charge in [-0.2, -0.15) is 0 Å². The lowest BCUT2D eigenvalue weighted by molar-refractivity contribution is -0.122. The zero-order valence-corrected chi connectivity index (χ0v) is 16.7. The van der Waals surface area contributed by atoms with E-state index in [4.69, 9.17) is 9.47 Å². The first-order chi connectivity index (χ1) is 13.1. The summed E-state index contributed by atoms with van der Waals surface area (Å²) in [6, 6.07) is 13.4. The highest BCUT2D eigenvalue weighted by Crippen LogP contribution is 2.36. The van der Waals surface area contributed by atoms with Crippen LogP contribution in [0.2, 0.25) is 0 Å². The molecule has 0 N–H and O–H groups in total. The van der Waals surface area contributed by atoms with Crippen molar-refractivity contribution in [1.82, 2.24) is 4.90 Å². The molecule has 0 aromatic heterocycles. The van der Waals surface area contributed by atoms with Gasteiger partial charge in [-0.25, -0.2) is 4.99 Å². The molecule has 1 aliphatic heterocycles. The van der Waals surface area contributed by atoms with Crippen LogP contribution in [0.25, 0.3) is 6.08 Å². The van der Waals surface area contributed by atoms with Crippen LogP contribution in [0.1, 0.15) is 18.1 Å². The van der Waals surface area contributed by atoms with Gasteiger partial charge < -0.3 is 9.47 Å². The largest absolute Gasteiger partial charge is 0.493 e. The summed E-state index contributed by atoms with van der Waals surface area (Å²) in [5, 5.41) is 0.693. The van der Waals surface area contributed by atoms with Gasteiger partial charge in [0.15, 0.2) is 16.7 Å². The molecule has 3 rings (SSSR count). The van der Waals surface area contributed by atoms with Gasteiger partial charge in [-0.3, -0.25) is 9.69 Å². The molecule has 1 aliphatic rings. The van der Waals surface area contributed by atoms with Gasteiger partial charge in [-0.15, -0.1) is 0 Å². The molecule has 5 nitrogen and oxygen atoms in total. The van der Waals surface area contributed by atoms with Gasteiger partial charge in [0.25, 0.3) is 5.91 Å². The third kappa shape index (κ3) is 4.01. The number of ether oxygens (including phenoxy) is 2. The summed E-state index contributed by atoms with van der Waals surface area (Å²) in [5.41, 5.74) is 2.75. The van der Waals surface area contributed by atoms with Gasteiger partial charge in [-0.1, -0.05) is 18.2 Å². The minimum Gasteiger partial charge on any atom is -0.493 e. The Hall–Kier alpha value is -2.73. The fourth-order valence-electron chi connectivity index (χ4n) is 2.78. The number of para-hydroxylation sites is 1. The molecule has 0 radical (unpaired) electrons. The van der Waals surface area contributed by atoms with Crippen LogP contribution in [0.3, 0.4) is 0 Å². The summed E-state index contributed by atoms with van der Waals surface area (Å²) in [7, 11) is 3.21. The molecule has 0 atom stereocenters. The molecule has 0 bridgehead atoms. The maximum absolute atomic E-state index is 12.8. The number of carbonyl (C=O) groups is 1. The number of methoxy groups -OCH3 is 2. The molecule has 0 unspecified atom stereocenters. The van der Waals surface area contributed by atoms with Gasteiger partial charge in [-0.05, 0) is 67.1 Å². The van der Waals surface area contributed by atoms with E-state index < -0.39 is 0 Å². The highest BCUT2D eigenvalue weighted by atomic mass is 32.2. The van der Waals surface area contributed by atoms with Gasteiger partial charge in [0, 0.05) is 6.54 Å². The highest BCUT2D eigenvalue weighted by molar-refractivity contribution is 8.18. The monoisotopic (exact) mass is 382 g/mol. The lowest BCUT2D eigenvalue weighted by Gasteiger charge is -2.12. The lowest BCUT2D eigenvalue weighted by atomic mass is 10.1. The molecular weight excluding hydrogens is 360 g/mol. The molecule has 1 amide bonds. The van der Waals surface area contributed by atoms with Gasteiger partial charge in [0.05, 0.1) is 24.8 Å². The van der Waals surface area contributed by atoms with Crippen LogP contribution < -0.4 is 9.47 Å². The molecule has 27 heavy (non-hydrogen) atoms. The Balaban J connectivity index is 1.98. The number of nitrogens with zero attached hydrogens (tertiary/aromatic N) is 2. The van der Waals surface area contributed by atoms with Crippen LogP contribution in [-0.2, 0) is 4.79 Å². The maximum Gasteiger partial charge on any atom is 0.266 e. The molecule has 140 valence electrons.